The number of anilines is 1. The number of ether oxygens (including phenoxy) is 1. The molecule has 1 aromatic rings. The fraction of sp³-hybridized carbons (Fsp3) is 0.455. The van der Waals surface area contributed by atoms with Crippen LogP contribution in [-0.2, 0) is 14.8 Å². The van der Waals surface area contributed by atoms with Gasteiger partial charge in [-0.2, -0.15) is 4.31 Å². The topological polar surface area (TPSA) is 92.9 Å². The van der Waals surface area contributed by atoms with Crippen LogP contribution in [-0.4, -0.2) is 51.2 Å². The van der Waals surface area contributed by atoms with Crippen molar-refractivity contribution in [3.8, 4) is 0 Å². The zero-order valence-electron chi connectivity index (χ0n) is 10.7. The Bertz CT molecular complexity index is 535. The second kappa shape index (κ2) is 6.67. The van der Waals surface area contributed by atoms with E-state index in [0.717, 1.165) is 4.31 Å². The van der Waals surface area contributed by atoms with Crippen LogP contribution in [0.5, 0.6) is 0 Å². The lowest BCUT2D eigenvalue weighted by atomic mass is 10.3. The average molecular weight is 353 g/mol. The number of sulfonamides is 1. The van der Waals surface area contributed by atoms with Gasteiger partial charge < -0.3 is 15.6 Å². The second-order valence-electron chi connectivity index (χ2n) is 4.08. The van der Waals surface area contributed by atoms with E-state index in [2.05, 4.69) is 15.9 Å². The quantitative estimate of drug-likeness (QED) is 0.733. The van der Waals surface area contributed by atoms with Crippen molar-refractivity contribution in [3.63, 3.8) is 0 Å². The van der Waals surface area contributed by atoms with Gasteiger partial charge in [-0.3, -0.25) is 0 Å². The Morgan fingerprint density at radius 2 is 2.16 bits per heavy atom. The molecule has 1 rings (SSSR count). The van der Waals surface area contributed by atoms with Crippen LogP contribution in [0.3, 0.4) is 0 Å². The number of halogens is 1. The van der Waals surface area contributed by atoms with Crippen LogP contribution in [0.25, 0.3) is 0 Å². The number of nitrogens with two attached hydrogens (primary N) is 1. The van der Waals surface area contributed by atoms with Gasteiger partial charge >= 0.3 is 0 Å². The molecule has 108 valence electrons. The molecule has 0 saturated carbocycles. The lowest BCUT2D eigenvalue weighted by Gasteiger charge is -2.21. The van der Waals surface area contributed by atoms with E-state index in [-0.39, 0.29) is 18.0 Å². The van der Waals surface area contributed by atoms with Gasteiger partial charge in [-0.05, 0) is 34.1 Å². The molecule has 0 spiro atoms. The Kier molecular flexibility index (Phi) is 5.75. The van der Waals surface area contributed by atoms with Gasteiger partial charge in [0.05, 0.1) is 17.6 Å². The SMILES string of the molecule is COCC(O)CN(C)S(=O)(=O)c1cc(N)ccc1Br. The first-order chi connectivity index (χ1) is 8.78. The fourth-order valence-electron chi connectivity index (χ4n) is 1.53. The number of methoxy groups -OCH3 is 1. The summed E-state index contributed by atoms with van der Waals surface area (Å²) in [4.78, 5) is 0.0691. The van der Waals surface area contributed by atoms with Crippen molar-refractivity contribution in [2.75, 3.05) is 33.0 Å². The molecule has 19 heavy (non-hydrogen) atoms. The van der Waals surface area contributed by atoms with Crippen LogP contribution in [0.2, 0.25) is 0 Å². The average Bonchev–Trinajstić information content (AvgIpc) is 2.32. The third-order valence-corrected chi connectivity index (χ3v) is 5.29. The van der Waals surface area contributed by atoms with E-state index in [1.807, 2.05) is 0 Å². The fourth-order valence-corrected chi connectivity index (χ4v) is 3.69. The molecule has 1 unspecified atom stereocenters. The first kappa shape index (κ1) is 16.4. The van der Waals surface area contributed by atoms with Crippen molar-refractivity contribution in [1.29, 1.82) is 0 Å². The smallest absolute Gasteiger partial charge is 0.244 e. The van der Waals surface area contributed by atoms with Gasteiger partial charge in [0.25, 0.3) is 0 Å². The predicted molar refractivity (Wildman–Crippen MR) is 76.3 cm³/mol. The van der Waals surface area contributed by atoms with E-state index >= 15 is 0 Å². The number of benzene rings is 1. The van der Waals surface area contributed by atoms with Crippen LogP contribution < -0.4 is 5.73 Å². The minimum atomic E-state index is -3.71. The highest BCUT2D eigenvalue weighted by molar-refractivity contribution is 9.10. The summed E-state index contributed by atoms with van der Waals surface area (Å²) >= 11 is 3.18. The molecular weight excluding hydrogens is 336 g/mol. The summed E-state index contributed by atoms with van der Waals surface area (Å²) in [6, 6.07) is 4.54. The third-order valence-electron chi connectivity index (χ3n) is 2.47. The minimum Gasteiger partial charge on any atom is -0.399 e. The van der Waals surface area contributed by atoms with Gasteiger partial charge in [0.1, 0.15) is 0 Å². The van der Waals surface area contributed by atoms with Crippen LogP contribution in [0.4, 0.5) is 5.69 Å². The molecule has 0 aliphatic carbocycles. The molecule has 6 nitrogen and oxygen atoms in total. The first-order valence-electron chi connectivity index (χ1n) is 5.47. The molecule has 3 N–H and O–H groups in total. The Morgan fingerprint density at radius 1 is 1.53 bits per heavy atom. The van der Waals surface area contributed by atoms with Gasteiger partial charge in [0.15, 0.2) is 0 Å². The van der Waals surface area contributed by atoms with E-state index in [0.29, 0.717) is 10.2 Å². The van der Waals surface area contributed by atoms with Gasteiger partial charge in [0, 0.05) is 30.9 Å². The molecule has 0 fully saturated rings. The maximum Gasteiger partial charge on any atom is 0.244 e. The first-order valence-corrected chi connectivity index (χ1v) is 7.70. The van der Waals surface area contributed by atoms with E-state index in [4.69, 9.17) is 10.5 Å². The molecule has 0 radical (unpaired) electrons. The lowest BCUT2D eigenvalue weighted by Crippen LogP contribution is -2.36. The summed E-state index contributed by atoms with van der Waals surface area (Å²) in [6.45, 7) is 0.00930. The number of nitrogen functional groups attached to an aromatic ring is 1. The number of hydrogen-bond acceptors (Lipinski definition) is 5. The summed E-state index contributed by atoms with van der Waals surface area (Å²) in [7, 11) is -0.885. The summed E-state index contributed by atoms with van der Waals surface area (Å²) < 4.78 is 30.9. The summed E-state index contributed by atoms with van der Waals surface area (Å²) in [6.07, 6.45) is -0.885. The Balaban J connectivity index is 3.00. The monoisotopic (exact) mass is 352 g/mol. The molecule has 0 aliphatic rings. The summed E-state index contributed by atoms with van der Waals surface area (Å²) in [5, 5.41) is 9.59. The van der Waals surface area contributed by atoms with Crippen molar-refractivity contribution >= 4 is 31.6 Å². The predicted octanol–water partition coefficient (Wildman–Crippen LogP) is 0.659. The maximum absolute atomic E-state index is 12.3. The molecular formula is C11H17BrN2O4S. The van der Waals surface area contributed by atoms with Crippen molar-refractivity contribution in [2.45, 2.75) is 11.0 Å². The zero-order chi connectivity index (χ0) is 14.6. The number of rotatable bonds is 6. The van der Waals surface area contributed by atoms with Crippen LogP contribution >= 0.6 is 15.9 Å². The Hall–Kier alpha value is -0.670. The van der Waals surface area contributed by atoms with Gasteiger partial charge in [-0.15, -0.1) is 0 Å². The number of likely N-dealkylation sites (N-methyl/N-ethyl adjacent to an activating group) is 1. The highest BCUT2D eigenvalue weighted by atomic mass is 79.9. The highest BCUT2D eigenvalue weighted by Crippen LogP contribution is 2.26. The van der Waals surface area contributed by atoms with E-state index in [1.165, 1.54) is 20.2 Å². The number of nitrogens with zero attached hydrogens (tertiary/aromatic N) is 1. The number of aliphatic hydroxyl groups is 1. The highest BCUT2D eigenvalue weighted by Gasteiger charge is 2.25. The minimum absolute atomic E-state index is 0.0581. The van der Waals surface area contributed by atoms with E-state index in [9.17, 15) is 13.5 Å². The van der Waals surface area contributed by atoms with E-state index in [1.54, 1.807) is 12.1 Å². The second-order valence-corrected chi connectivity index (χ2v) is 6.95. The number of hydrogen-bond donors (Lipinski definition) is 2. The largest absolute Gasteiger partial charge is 0.399 e. The third kappa shape index (κ3) is 4.15. The van der Waals surface area contributed by atoms with Gasteiger partial charge in [-0.25, -0.2) is 8.42 Å². The summed E-state index contributed by atoms with van der Waals surface area (Å²) in [5.41, 5.74) is 5.95. The standard InChI is InChI=1S/C11H17BrN2O4S/c1-14(6-9(15)7-18-2)19(16,17)11-5-8(13)3-4-10(11)12/h3-5,9,15H,6-7,13H2,1-2H3. The normalized spacial score (nSPS) is 13.7. The molecule has 0 saturated heterocycles. The molecule has 0 amide bonds. The van der Waals surface area contributed by atoms with Crippen molar-refractivity contribution in [1.82, 2.24) is 4.31 Å². The zero-order valence-corrected chi connectivity index (χ0v) is 13.1. The molecule has 0 aliphatic heterocycles. The van der Waals surface area contributed by atoms with Crippen molar-refractivity contribution < 1.29 is 18.3 Å². The van der Waals surface area contributed by atoms with Crippen LogP contribution in [0.1, 0.15) is 0 Å². The van der Waals surface area contributed by atoms with Crippen molar-refractivity contribution in [2.24, 2.45) is 0 Å². The van der Waals surface area contributed by atoms with Crippen LogP contribution in [0, 0.1) is 0 Å². The molecule has 0 bridgehead atoms. The van der Waals surface area contributed by atoms with Gasteiger partial charge in [0.2, 0.25) is 10.0 Å². The molecule has 8 heteroatoms. The van der Waals surface area contributed by atoms with Crippen LogP contribution in [0.15, 0.2) is 27.6 Å². The molecule has 1 aromatic carbocycles. The molecule has 1 atom stereocenters. The summed E-state index contributed by atoms with van der Waals surface area (Å²) in [5.74, 6) is 0. The Morgan fingerprint density at radius 3 is 2.74 bits per heavy atom. The van der Waals surface area contributed by atoms with Gasteiger partial charge in [-0.1, -0.05) is 0 Å². The van der Waals surface area contributed by atoms with E-state index < -0.39 is 16.1 Å². The lowest BCUT2D eigenvalue weighted by molar-refractivity contribution is 0.0554. The number of aliphatic hydroxyl groups excluding tert-OH is 1. The maximum atomic E-state index is 12.3. The molecule has 0 heterocycles. The van der Waals surface area contributed by atoms with Crippen molar-refractivity contribution in [3.05, 3.63) is 22.7 Å². The Labute approximate surface area is 121 Å². The molecule has 0 aromatic heterocycles.